The van der Waals surface area contributed by atoms with Gasteiger partial charge in [-0.15, -0.1) is 16.4 Å². The SMILES string of the molecule is CCC1COC(C)CN1C(=O)c1sc2nnccc2c1N. The Morgan fingerprint density at radius 1 is 1.62 bits per heavy atom. The molecule has 2 unspecified atom stereocenters. The Bertz CT molecular complexity index is 672. The molecule has 0 bridgehead atoms. The highest BCUT2D eigenvalue weighted by atomic mass is 32.1. The van der Waals surface area contributed by atoms with Gasteiger partial charge in [-0.3, -0.25) is 4.79 Å². The van der Waals surface area contributed by atoms with Gasteiger partial charge in [0.05, 0.1) is 30.6 Å². The lowest BCUT2D eigenvalue weighted by molar-refractivity contribution is -0.0442. The second kappa shape index (κ2) is 5.57. The monoisotopic (exact) mass is 306 g/mol. The van der Waals surface area contributed by atoms with Gasteiger partial charge in [0.15, 0.2) is 0 Å². The molecule has 112 valence electrons. The number of nitrogen functional groups attached to an aromatic ring is 1. The maximum absolute atomic E-state index is 12.9. The van der Waals surface area contributed by atoms with Crippen molar-refractivity contribution in [3.63, 3.8) is 0 Å². The quantitative estimate of drug-likeness (QED) is 0.916. The van der Waals surface area contributed by atoms with E-state index in [9.17, 15) is 4.79 Å². The number of hydrogen-bond acceptors (Lipinski definition) is 6. The first kappa shape index (κ1) is 14.2. The summed E-state index contributed by atoms with van der Waals surface area (Å²) in [5.41, 5.74) is 6.64. The van der Waals surface area contributed by atoms with Crippen LogP contribution in [-0.2, 0) is 4.74 Å². The van der Waals surface area contributed by atoms with Gasteiger partial charge in [0, 0.05) is 11.9 Å². The van der Waals surface area contributed by atoms with Crippen LogP contribution in [0, 0.1) is 0 Å². The Balaban J connectivity index is 1.97. The van der Waals surface area contributed by atoms with Crippen LogP contribution in [0.25, 0.3) is 10.2 Å². The first-order valence-electron chi connectivity index (χ1n) is 7.04. The standard InChI is InChI=1S/C14H18N4O2S/c1-3-9-7-20-8(2)6-18(9)14(19)12-11(15)10-4-5-16-17-13(10)21-12/h4-5,8-9H,3,6-7,15H2,1-2H3. The molecule has 21 heavy (non-hydrogen) atoms. The first-order valence-corrected chi connectivity index (χ1v) is 7.85. The molecule has 1 saturated heterocycles. The Labute approximate surface area is 126 Å². The van der Waals surface area contributed by atoms with Crippen molar-refractivity contribution < 1.29 is 9.53 Å². The molecule has 1 aliphatic rings. The average Bonchev–Trinajstić information content (AvgIpc) is 2.84. The highest BCUT2D eigenvalue weighted by Gasteiger charge is 2.32. The third-order valence-corrected chi connectivity index (χ3v) is 4.91. The number of aromatic nitrogens is 2. The molecule has 0 aromatic carbocycles. The third kappa shape index (κ3) is 2.47. The summed E-state index contributed by atoms with van der Waals surface area (Å²) < 4.78 is 5.64. The van der Waals surface area contributed by atoms with Crippen LogP contribution < -0.4 is 5.73 Å². The van der Waals surface area contributed by atoms with E-state index < -0.39 is 0 Å². The van der Waals surface area contributed by atoms with E-state index in [0.29, 0.717) is 28.5 Å². The lowest BCUT2D eigenvalue weighted by atomic mass is 10.1. The molecule has 3 heterocycles. The van der Waals surface area contributed by atoms with Gasteiger partial charge in [-0.2, -0.15) is 5.10 Å². The number of nitrogens with two attached hydrogens (primary N) is 1. The zero-order valence-electron chi connectivity index (χ0n) is 12.1. The summed E-state index contributed by atoms with van der Waals surface area (Å²) in [7, 11) is 0. The Kier molecular flexibility index (Phi) is 3.77. The van der Waals surface area contributed by atoms with Crippen molar-refractivity contribution in [2.24, 2.45) is 0 Å². The van der Waals surface area contributed by atoms with E-state index >= 15 is 0 Å². The van der Waals surface area contributed by atoms with Gasteiger partial charge < -0.3 is 15.4 Å². The van der Waals surface area contributed by atoms with Crippen molar-refractivity contribution in [2.45, 2.75) is 32.4 Å². The predicted molar refractivity (Wildman–Crippen MR) is 82.4 cm³/mol. The van der Waals surface area contributed by atoms with Crippen molar-refractivity contribution >= 4 is 33.1 Å². The molecule has 2 aromatic rings. The Morgan fingerprint density at radius 2 is 2.43 bits per heavy atom. The van der Waals surface area contributed by atoms with Crippen LogP contribution in [-0.4, -0.2) is 46.3 Å². The number of nitrogens with zero attached hydrogens (tertiary/aromatic N) is 3. The number of hydrogen-bond donors (Lipinski definition) is 1. The Morgan fingerprint density at radius 3 is 3.14 bits per heavy atom. The number of carbonyl (C=O) groups is 1. The number of anilines is 1. The van der Waals surface area contributed by atoms with Crippen molar-refractivity contribution in [3.8, 4) is 0 Å². The molecule has 0 saturated carbocycles. The molecule has 0 aliphatic carbocycles. The summed E-state index contributed by atoms with van der Waals surface area (Å²) in [6, 6.07) is 1.90. The number of amides is 1. The molecular formula is C14H18N4O2S. The van der Waals surface area contributed by atoms with Crippen molar-refractivity contribution in [3.05, 3.63) is 17.1 Å². The van der Waals surface area contributed by atoms with Crippen LogP contribution in [0.15, 0.2) is 12.3 Å². The third-order valence-electron chi connectivity index (χ3n) is 3.81. The van der Waals surface area contributed by atoms with Crippen LogP contribution in [0.5, 0.6) is 0 Å². The van der Waals surface area contributed by atoms with Gasteiger partial charge in [-0.1, -0.05) is 6.92 Å². The van der Waals surface area contributed by atoms with E-state index in [4.69, 9.17) is 10.5 Å². The van der Waals surface area contributed by atoms with E-state index in [1.54, 1.807) is 12.3 Å². The smallest absolute Gasteiger partial charge is 0.266 e. The number of ether oxygens (including phenoxy) is 1. The second-order valence-corrected chi connectivity index (χ2v) is 6.26. The van der Waals surface area contributed by atoms with E-state index in [2.05, 4.69) is 17.1 Å². The predicted octanol–water partition coefficient (Wildman–Crippen LogP) is 1.91. The van der Waals surface area contributed by atoms with Gasteiger partial charge >= 0.3 is 0 Å². The molecule has 0 spiro atoms. The molecule has 2 atom stereocenters. The molecule has 2 aromatic heterocycles. The molecule has 3 rings (SSSR count). The van der Waals surface area contributed by atoms with Crippen LogP contribution in [0.1, 0.15) is 29.9 Å². The van der Waals surface area contributed by atoms with Crippen LogP contribution in [0.2, 0.25) is 0 Å². The van der Waals surface area contributed by atoms with Crippen LogP contribution in [0.3, 0.4) is 0 Å². The first-order chi connectivity index (χ1) is 10.1. The molecular weight excluding hydrogens is 288 g/mol. The maximum Gasteiger partial charge on any atom is 0.266 e. The van der Waals surface area contributed by atoms with Gasteiger partial charge in [0.1, 0.15) is 9.71 Å². The zero-order chi connectivity index (χ0) is 15.0. The fourth-order valence-electron chi connectivity index (χ4n) is 2.59. The van der Waals surface area contributed by atoms with Gasteiger partial charge in [-0.05, 0) is 19.4 Å². The lowest BCUT2D eigenvalue weighted by Crippen LogP contribution is -2.51. The van der Waals surface area contributed by atoms with E-state index in [1.165, 1.54) is 11.3 Å². The minimum atomic E-state index is -0.0301. The Hall–Kier alpha value is -1.73. The van der Waals surface area contributed by atoms with Crippen molar-refractivity contribution in [1.82, 2.24) is 15.1 Å². The van der Waals surface area contributed by atoms with E-state index in [-0.39, 0.29) is 18.1 Å². The van der Waals surface area contributed by atoms with Gasteiger partial charge in [0.2, 0.25) is 0 Å². The number of morpholine rings is 1. The topological polar surface area (TPSA) is 81.3 Å². The molecule has 1 aliphatic heterocycles. The molecule has 6 nitrogen and oxygen atoms in total. The second-order valence-electron chi connectivity index (χ2n) is 5.26. The minimum absolute atomic E-state index is 0.0301. The average molecular weight is 306 g/mol. The minimum Gasteiger partial charge on any atom is -0.397 e. The van der Waals surface area contributed by atoms with E-state index in [0.717, 1.165) is 11.8 Å². The fraction of sp³-hybridized carbons (Fsp3) is 0.500. The molecule has 1 amide bonds. The van der Waals surface area contributed by atoms with Crippen LogP contribution in [0.4, 0.5) is 5.69 Å². The highest BCUT2D eigenvalue weighted by Crippen LogP contribution is 2.33. The molecule has 7 heteroatoms. The van der Waals surface area contributed by atoms with Gasteiger partial charge in [-0.25, -0.2) is 0 Å². The number of carbonyl (C=O) groups excluding carboxylic acids is 1. The summed E-state index contributed by atoms with van der Waals surface area (Å²) in [5, 5.41) is 8.68. The summed E-state index contributed by atoms with van der Waals surface area (Å²) in [5.74, 6) is -0.0301. The summed E-state index contributed by atoms with van der Waals surface area (Å²) >= 11 is 1.31. The fourth-order valence-corrected chi connectivity index (χ4v) is 3.59. The maximum atomic E-state index is 12.9. The largest absolute Gasteiger partial charge is 0.397 e. The summed E-state index contributed by atoms with van der Waals surface area (Å²) in [6.45, 7) is 5.21. The van der Waals surface area contributed by atoms with Gasteiger partial charge in [0.25, 0.3) is 5.91 Å². The summed E-state index contributed by atoms with van der Waals surface area (Å²) in [6.07, 6.45) is 2.50. The molecule has 2 N–H and O–H groups in total. The number of fused-ring (bicyclic) bond motifs is 1. The summed E-state index contributed by atoms with van der Waals surface area (Å²) in [4.78, 5) is 16.0. The molecule has 1 fully saturated rings. The molecule has 0 radical (unpaired) electrons. The number of thiophene rings is 1. The number of rotatable bonds is 2. The zero-order valence-corrected chi connectivity index (χ0v) is 12.9. The highest BCUT2D eigenvalue weighted by molar-refractivity contribution is 7.21. The van der Waals surface area contributed by atoms with Crippen LogP contribution >= 0.6 is 11.3 Å². The van der Waals surface area contributed by atoms with E-state index in [1.807, 2.05) is 11.8 Å². The van der Waals surface area contributed by atoms with Crippen molar-refractivity contribution in [2.75, 3.05) is 18.9 Å². The lowest BCUT2D eigenvalue weighted by Gasteiger charge is -2.38. The normalized spacial score (nSPS) is 22.7. The van der Waals surface area contributed by atoms with Crippen molar-refractivity contribution in [1.29, 1.82) is 0 Å².